The first-order chi connectivity index (χ1) is 12.2. The van der Waals surface area contributed by atoms with Crippen LogP contribution in [0.2, 0.25) is 0 Å². The summed E-state index contributed by atoms with van der Waals surface area (Å²) >= 11 is 0. The topological polar surface area (TPSA) is 98.8 Å². The minimum absolute atomic E-state index is 0.0358. The molecule has 26 heavy (non-hydrogen) atoms. The number of aryl methyl sites for hydroxylation is 1. The third kappa shape index (κ3) is 3.99. The van der Waals surface area contributed by atoms with Crippen LogP contribution in [0.25, 0.3) is 0 Å². The Hall–Kier alpha value is -2.94. The van der Waals surface area contributed by atoms with Crippen LogP contribution in [0.15, 0.2) is 41.3 Å². The summed E-state index contributed by atoms with van der Waals surface area (Å²) in [5.41, 5.74) is -0.0399. The quantitative estimate of drug-likeness (QED) is 0.799. The molecule has 7 nitrogen and oxygen atoms in total. The molecule has 2 aromatic carbocycles. The first kappa shape index (κ1) is 19.4. The van der Waals surface area contributed by atoms with E-state index < -0.39 is 27.8 Å². The Morgan fingerprint density at radius 3 is 2.23 bits per heavy atom. The molecular weight excluding hydrogens is 365 g/mol. The lowest BCUT2D eigenvalue weighted by atomic mass is 10.1. The molecule has 2 rings (SSSR count). The molecule has 0 unspecified atom stereocenters. The van der Waals surface area contributed by atoms with Gasteiger partial charge in [0.15, 0.2) is 0 Å². The number of ether oxygens (including phenoxy) is 2. The van der Waals surface area contributed by atoms with Gasteiger partial charge in [0.05, 0.1) is 35.9 Å². The predicted molar refractivity (Wildman–Crippen MR) is 91.1 cm³/mol. The van der Waals surface area contributed by atoms with Crippen molar-refractivity contribution in [1.29, 1.82) is 0 Å². The number of carbonyl (C=O) groups is 2. The summed E-state index contributed by atoms with van der Waals surface area (Å²) in [5.74, 6) is -2.08. The molecule has 0 heterocycles. The number of nitrogens with one attached hydrogen (secondary N) is 1. The van der Waals surface area contributed by atoms with Gasteiger partial charge in [-0.1, -0.05) is 0 Å². The van der Waals surface area contributed by atoms with Gasteiger partial charge in [-0.2, -0.15) is 0 Å². The molecule has 1 N–H and O–H groups in total. The Morgan fingerprint density at radius 1 is 1.00 bits per heavy atom. The SMILES string of the molecule is COC(=O)c1ccc(C(=O)OC)c(NS(=O)(=O)c2ccc(F)cc2C)c1. The third-order valence-electron chi connectivity index (χ3n) is 3.52. The molecule has 0 aliphatic rings. The lowest BCUT2D eigenvalue weighted by Gasteiger charge is -2.14. The van der Waals surface area contributed by atoms with E-state index in [1.165, 1.54) is 26.2 Å². The van der Waals surface area contributed by atoms with Crippen LogP contribution in [-0.2, 0) is 19.5 Å². The van der Waals surface area contributed by atoms with E-state index in [0.29, 0.717) is 0 Å². The Morgan fingerprint density at radius 2 is 1.65 bits per heavy atom. The molecular formula is C17H16FNO6S. The summed E-state index contributed by atoms with van der Waals surface area (Å²) in [4.78, 5) is 23.4. The molecule has 9 heteroatoms. The molecule has 0 aliphatic heterocycles. The molecule has 0 saturated carbocycles. The molecule has 0 saturated heterocycles. The molecule has 0 aliphatic carbocycles. The van der Waals surface area contributed by atoms with Gasteiger partial charge in [0, 0.05) is 0 Å². The highest BCUT2D eigenvalue weighted by Gasteiger charge is 2.22. The number of methoxy groups -OCH3 is 2. The van der Waals surface area contributed by atoms with E-state index in [1.807, 2.05) is 0 Å². The lowest BCUT2D eigenvalue weighted by Crippen LogP contribution is -2.18. The van der Waals surface area contributed by atoms with Gasteiger partial charge in [0.1, 0.15) is 5.82 Å². The summed E-state index contributed by atoms with van der Waals surface area (Å²) in [6, 6.07) is 6.89. The maximum atomic E-state index is 13.2. The van der Waals surface area contributed by atoms with Gasteiger partial charge in [-0.3, -0.25) is 4.72 Å². The maximum Gasteiger partial charge on any atom is 0.339 e. The molecule has 0 atom stereocenters. The third-order valence-corrected chi connectivity index (χ3v) is 5.04. The zero-order valence-corrected chi connectivity index (χ0v) is 15.0. The van der Waals surface area contributed by atoms with Crippen LogP contribution >= 0.6 is 0 Å². The van der Waals surface area contributed by atoms with E-state index in [4.69, 9.17) is 0 Å². The fourth-order valence-electron chi connectivity index (χ4n) is 2.28. The zero-order chi connectivity index (χ0) is 19.5. The average Bonchev–Trinajstić information content (AvgIpc) is 2.59. The van der Waals surface area contributed by atoms with E-state index in [-0.39, 0.29) is 27.3 Å². The Bertz CT molecular complexity index is 971. The largest absolute Gasteiger partial charge is 0.465 e. The maximum absolute atomic E-state index is 13.2. The summed E-state index contributed by atoms with van der Waals surface area (Å²) in [5, 5.41) is 0. The van der Waals surface area contributed by atoms with Crippen LogP contribution in [-0.4, -0.2) is 34.6 Å². The monoisotopic (exact) mass is 381 g/mol. The van der Waals surface area contributed by atoms with Crippen LogP contribution in [0, 0.1) is 12.7 Å². The summed E-state index contributed by atoms with van der Waals surface area (Å²) in [6.45, 7) is 1.43. The van der Waals surface area contributed by atoms with Crippen molar-refractivity contribution >= 4 is 27.6 Å². The predicted octanol–water partition coefficient (Wildman–Crippen LogP) is 2.51. The van der Waals surface area contributed by atoms with E-state index in [0.717, 1.165) is 31.4 Å². The molecule has 0 fully saturated rings. The number of hydrogen-bond acceptors (Lipinski definition) is 6. The first-order valence-corrected chi connectivity index (χ1v) is 8.77. The molecule has 0 bridgehead atoms. The van der Waals surface area contributed by atoms with Crippen molar-refractivity contribution in [3.8, 4) is 0 Å². The number of sulfonamides is 1. The van der Waals surface area contributed by atoms with Gasteiger partial charge in [-0.05, 0) is 48.9 Å². The highest BCUT2D eigenvalue weighted by Crippen LogP contribution is 2.25. The van der Waals surface area contributed by atoms with E-state index in [9.17, 15) is 22.4 Å². The van der Waals surface area contributed by atoms with Crippen molar-refractivity contribution < 1.29 is 31.9 Å². The highest BCUT2D eigenvalue weighted by molar-refractivity contribution is 7.92. The Kier molecular flexibility index (Phi) is 5.61. The van der Waals surface area contributed by atoms with Gasteiger partial charge in [-0.25, -0.2) is 22.4 Å². The average molecular weight is 381 g/mol. The molecule has 0 amide bonds. The fraction of sp³-hybridized carbons (Fsp3) is 0.176. The lowest BCUT2D eigenvalue weighted by molar-refractivity contribution is 0.0587. The standard InChI is InChI=1S/C17H16FNO6S/c1-10-8-12(18)5-7-15(10)26(22,23)19-14-9-11(16(20)24-2)4-6-13(14)17(21)25-3/h4-9,19H,1-3H3. The Balaban J connectivity index is 2.54. The second kappa shape index (κ2) is 7.52. The second-order valence-electron chi connectivity index (χ2n) is 5.26. The normalized spacial score (nSPS) is 10.9. The smallest absolute Gasteiger partial charge is 0.339 e. The minimum atomic E-state index is -4.15. The fourth-order valence-corrected chi connectivity index (χ4v) is 3.57. The number of carbonyl (C=O) groups excluding carboxylic acids is 2. The van der Waals surface area contributed by atoms with E-state index >= 15 is 0 Å². The number of benzene rings is 2. The number of halogens is 1. The van der Waals surface area contributed by atoms with Crippen LogP contribution in [0.4, 0.5) is 10.1 Å². The Labute approximate surface area is 149 Å². The first-order valence-electron chi connectivity index (χ1n) is 7.29. The van der Waals surface area contributed by atoms with Crippen molar-refractivity contribution in [2.24, 2.45) is 0 Å². The van der Waals surface area contributed by atoms with Gasteiger partial charge in [0.2, 0.25) is 0 Å². The number of hydrogen-bond donors (Lipinski definition) is 1. The zero-order valence-electron chi connectivity index (χ0n) is 14.2. The van der Waals surface area contributed by atoms with Gasteiger partial charge >= 0.3 is 11.9 Å². The van der Waals surface area contributed by atoms with Gasteiger partial charge < -0.3 is 9.47 Å². The van der Waals surface area contributed by atoms with Crippen LogP contribution in [0.5, 0.6) is 0 Å². The highest BCUT2D eigenvalue weighted by atomic mass is 32.2. The number of anilines is 1. The van der Waals surface area contributed by atoms with Crippen LogP contribution < -0.4 is 4.72 Å². The van der Waals surface area contributed by atoms with E-state index in [2.05, 4.69) is 14.2 Å². The van der Waals surface area contributed by atoms with Crippen molar-refractivity contribution in [2.75, 3.05) is 18.9 Å². The molecule has 2 aromatic rings. The summed E-state index contributed by atoms with van der Waals surface area (Å²) in [7, 11) is -1.84. The second-order valence-corrected chi connectivity index (χ2v) is 6.91. The van der Waals surface area contributed by atoms with Gasteiger partial charge in [-0.15, -0.1) is 0 Å². The van der Waals surface area contributed by atoms with Crippen molar-refractivity contribution in [1.82, 2.24) is 0 Å². The van der Waals surface area contributed by atoms with Crippen LogP contribution in [0.1, 0.15) is 26.3 Å². The van der Waals surface area contributed by atoms with Crippen LogP contribution in [0.3, 0.4) is 0 Å². The van der Waals surface area contributed by atoms with Gasteiger partial charge in [0.25, 0.3) is 10.0 Å². The van der Waals surface area contributed by atoms with Crippen molar-refractivity contribution in [3.63, 3.8) is 0 Å². The molecule has 0 spiro atoms. The van der Waals surface area contributed by atoms with E-state index in [1.54, 1.807) is 0 Å². The molecule has 0 radical (unpaired) electrons. The number of esters is 2. The van der Waals surface area contributed by atoms with Crippen molar-refractivity contribution in [3.05, 3.63) is 58.9 Å². The summed E-state index contributed by atoms with van der Waals surface area (Å²) < 4.78 is 50.0. The summed E-state index contributed by atoms with van der Waals surface area (Å²) in [6.07, 6.45) is 0. The molecule has 0 aromatic heterocycles. The number of rotatable bonds is 5. The molecule has 138 valence electrons. The van der Waals surface area contributed by atoms with Crippen molar-refractivity contribution in [2.45, 2.75) is 11.8 Å². The minimum Gasteiger partial charge on any atom is -0.465 e.